The Labute approximate surface area is 83.6 Å². The first-order chi connectivity index (χ1) is 6.77. The number of aromatic nitrogens is 1. The van der Waals surface area contributed by atoms with Crippen LogP contribution in [0.2, 0.25) is 0 Å². The molecule has 0 aliphatic carbocycles. The number of nitrogens with one attached hydrogen (secondary N) is 1. The Morgan fingerprint density at radius 1 is 1.43 bits per heavy atom. The number of aromatic amines is 1. The monoisotopic (exact) mass is 189 g/mol. The van der Waals surface area contributed by atoms with Gasteiger partial charge in [-0.05, 0) is 36.1 Å². The van der Waals surface area contributed by atoms with E-state index < -0.39 is 0 Å². The van der Waals surface area contributed by atoms with Crippen LogP contribution in [0.5, 0.6) is 0 Å². The van der Waals surface area contributed by atoms with E-state index in [0.29, 0.717) is 0 Å². The van der Waals surface area contributed by atoms with Crippen molar-refractivity contribution in [1.82, 2.24) is 4.98 Å². The molecule has 14 heavy (non-hydrogen) atoms. The van der Waals surface area contributed by atoms with Gasteiger partial charge in [-0.15, -0.1) is 0 Å². The molecule has 0 atom stereocenters. The minimum Gasteiger partial charge on any atom is -0.392 e. The molecular weight excluding hydrogens is 174 g/mol. The van der Waals surface area contributed by atoms with Gasteiger partial charge in [0.05, 0.1) is 6.61 Å². The Hall–Kier alpha value is -1.28. The van der Waals surface area contributed by atoms with Crippen molar-refractivity contribution < 1.29 is 5.11 Å². The van der Waals surface area contributed by atoms with Gasteiger partial charge < -0.3 is 10.1 Å². The summed E-state index contributed by atoms with van der Waals surface area (Å²) in [5, 5.41) is 10.5. The third-order valence-electron chi connectivity index (χ3n) is 2.78. The van der Waals surface area contributed by atoms with Crippen LogP contribution in [0, 0.1) is 6.92 Å². The number of aliphatic hydroxyl groups excluding tert-OH is 1. The first-order valence-corrected chi connectivity index (χ1v) is 4.97. The fourth-order valence-electron chi connectivity index (χ4n) is 2.04. The van der Waals surface area contributed by atoms with Crippen LogP contribution in [-0.4, -0.2) is 10.1 Å². The number of hydrogen-bond acceptors (Lipinski definition) is 1. The van der Waals surface area contributed by atoms with E-state index in [4.69, 9.17) is 0 Å². The molecule has 0 spiro atoms. The summed E-state index contributed by atoms with van der Waals surface area (Å²) in [5.41, 5.74) is 4.71. The van der Waals surface area contributed by atoms with Crippen molar-refractivity contribution in [3.63, 3.8) is 0 Å². The zero-order valence-corrected chi connectivity index (χ0v) is 8.59. The highest BCUT2D eigenvalue weighted by Gasteiger charge is 2.08. The molecule has 74 valence electrons. The highest BCUT2D eigenvalue weighted by atomic mass is 16.3. The highest BCUT2D eigenvalue weighted by molar-refractivity contribution is 5.86. The lowest BCUT2D eigenvalue weighted by molar-refractivity contribution is 0.282. The van der Waals surface area contributed by atoms with Crippen molar-refractivity contribution in [3.8, 4) is 0 Å². The first-order valence-electron chi connectivity index (χ1n) is 4.97. The summed E-state index contributed by atoms with van der Waals surface area (Å²) in [7, 11) is 0. The number of fused-ring (bicyclic) bond motifs is 1. The number of hydrogen-bond donors (Lipinski definition) is 2. The highest BCUT2D eigenvalue weighted by Crippen LogP contribution is 2.25. The largest absolute Gasteiger partial charge is 0.392 e. The van der Waals surface area contributed by atoms with E-state index in [0.717, 1.165) is 22.9 Å². The molecule has 0 saturated heterocycles. The Morgan fingerprint density at radius 2 is 2.21 bits per heavy atom. The smallest absolute Gasteiger partial charge is 0.0691 e. The van der Waals surface area contributed by atoms with E-state index in [-0.39, 0.29) is 6.61 Å². The van der Waals surface area contributed by atoms with Crippen LogP contribution in [0.25, 0.3) is 10.9 Å². The molecule has 0 saturated carbocycles. The predicted octanol–water partition coefficient (Wildman–Crippen LogP) is 2.53. The Bertz CT molecular complexity index is 457. The van der Waals surface area contributed by atoms with Gasteiger partial charge >= 0.3 is 0 Å². The normalized spacial score (nSPS) is 11.1. The first kappa shape index (κ1) is 9.28. The number of rotatable bonds is 2. The maximum absolute atomic E-state index is 9.34. The van der Waals surface area contributed by atoms with Crippen molar-refractivity contribution in [2.75, 3.05) is 0 Å². The zero-order valence-electron chi connectivity index (χ0n) is 8.59. The number of benzene rings is 1. The quantitative estimate of drug-likeness (QED) is 0.748. The molecule has 2 aromatic rings. The molecule has 2 heteroatoms. The molecular formula is C12H15NO. The second kappa shape index (κ2) is 3.46. The van der Waals surface area contributed by atoms with E-state index in [9.17, 15) is 5.11 Å². The minimum atomic E-state index is 0.123. The summed E-state index contributed by atoms with van der Waals surface area (Å²) >= 11 is 0. The van der Waals surface area contributed by atoms with Gasteiger partial charge in [0.2, 0.25) is 0 Å². The predicted molar refractivity (Wildman–Crippen MR) is 58.3 cm³/mol. The van der Waals surface area contributed by atoms with Crippen LogP contribution in [0.15, 0.2) is 18.3 Å². The summed E-state index contributed by atoms with van der Waals surface area (Å²) in [4.78, 5) is 3.20. The second-order valence-corrected chi connectivity index (χ2v) is 3.61. The average Bonchev–Trinajstić information content (AvgIpc) is 2.66. The molecule has 0 unspecified atom stereocenters. The molecule has 2 nitrogen and oxygen atoms in total. The minimum absolute atomic E-state index is 0.123. The molecule has 1 heterocycles. The van der Waals surface area contributed by atoms with Gasteiger partial charge in [0.15, 0.2) is 0 Å². The van der Waals surface area contributed by atoms with Crippen molar-refractivity contribution >= 4 is 10.9 Å². The van der Waals surface area contributed by atoms with E-state index in [1.165, 1.54) is 11.1 Å². The van der Waals surface area contributed by atoms with Crippen LogP contribution in [0.4, 0.5) is 0 Å². The number of aryl methyl sites for hydroxylation is 2. The average molecular weight is 189 g/mol. The molecule has 0 fully saturated rings. The lowest BCUT2D eigenvalue weighted by Gasteiger charge is -2.09. The molecule has 2 rings (SSSR count). The molecule has 0 radical (unpaired) electrons. The van der Waals surface area contributed by atoms with Gasteiger partial charge in [-0.2, -0.15) is 0 Å². The number of aliphatic hydroxyl groups is 1. The lowest BCUT2D eigenvalue weighted by atomic mass is 9.98. The number of H-pyrrole nitrogens is 1. The van der Waals surface area contributed by atoms with Gasteiger partial charge in [0.1, 0.15) is 0 Å². The maximum Gasteiger partial charge on any atom is 0.0691 e. The summed E-state index contributed by atoms with van der Waals surface area (Å²) in [5.74, 6) is 0. The Morgan fingerprint density at radius 3 is 2.86 bits per heavy atom. The van der Waals surface area contributed by atoms with Gasteiger partial charge in [-0.3, -0.25) is 0 Å². The van der Waals surface area contributed by atoms with E-state index in [2.05, 4.69) is 24.9 Å². The maximum atomic E-state index is 9.34. The van der Waals surface area contributed by atoms with Gasteiger partial charge in [-0.25, -0.2) is 0 Å². The van der Waals surface area contributed by atoms with Crippen LogP contribution < -0.4 is 0 Å². The molecule has 0 amide bonds. The topological polar surface area (TPSA) is 36.0 Å². The SMILES string of the molecule is CCc1cc(C)c2[nH]ccc2c1CO. The van der Waals surface area contributed by atoms with Crippen molar-refractivity contribution in [1.29, 1.82) is 0 Å². The second-order valence-electron chi connectivity index (χ2n) is 3.61. The molecule has 1 aromatic carbocycles. The molecule has 0 aliphatic heterocycles. The third-order valence-corrected chi connectivity index (χ3v) is 2.78. The van der Waals surface area contributed by atoms with Crippen LogP contribution in [0.3, 0.4) is 0 Å². The standard InChI is InChI=1S/C12H15NO/c1-3-9-6-8(2)12-10(4-5-13-12)11(9)7-14/h4-6,13-14H,3,7H2,1-2H3. The van der Waals surface area contributed by atoms with E-state index >= 15 is 0 Å². The Kier molecular flexibility index (Phi) is 2.30. The van der Waals surface area contributed by atoms with Crippen molar-refractivity contribution in [2.24, 2.45) is 0 Å². The summed E-state index contributed by atoms with van der Waals surface area (Å²) in [6, 6.07) is 4.19. The van der Waals surface area contributed by atoms with E-state index in [1.54, 1.807) is 0 Å². The Balaban J connectivity index is 2.82. The fraction of sp³-hybridized carbons (Fsp3) is 0.333. The molecule has 2 N–H and O–H groups in total. The molecule has 0 aliphatic rings. The van der Waals surface area contributed by atoms with Crippen LogP contribution in [-0.2, 0) is 13.0 Å². The molecule has 1 aromatic heterocycles. The third kappa shape index (κ3) is 1.23. The van der Waals surface area contributed by atoms with Crippen LogP contribution in [0.1, 0.15) is 23.6 Å². The van der Waals surface area contributed by atoms with Gasteiger partial charge in [0, 0.05) is 17.1 Å². The lowest BCUT2D eigenvalue weighted by Crippen LogP contribution is -1.95. The summed E-state index contributed by atoms with van der Waals surface area (Å²) in [6.07, 6.45) is 2.90. The van der Waals surface area contributed by atoms with Crippen LogP contribution >= 0.6 is 0 Å². The summed E-state index contributed by atoms with van der Waals surface area (Å²) < 4.78 is 0. The summed E-state index contributed by atoms with van der Waals surface area (Å²) in [6.45, 7) is 4.34. The zero-order chi connectivity index (χ0) is 10.1. The van der Waals surface area contributed by atoms with Gasteiger partial charge in [-0.1, -0.05) is 13.0 Å². The fourth-order valence-corrected chi connectivity index (χ4v) is 2.04. The van der Waals surface area contributed by atoms with Crippen molar-refractivity contribution in [3.05, 3.63) is 35.0 Å². The van der Waals surface area contributed by atoms with Gasteiger partial charge in [0.25, 0.3) is 0 Å². The molecule has 0 bridgehead atoms. The van der Waals surface area contributed by atoms with E-state index in [1.807, 2.05) is 12.3 Å². The van der Waals surface area contributed by atoms with Crippen molar-refractivity contribution in [2.45, 2.75) is 26.9 Å².